The number of methoxy groups -OCH3 is 1. The zero-order chi connectivity index (χ0) is 23.4. The molecule has 1 heterocycles. The number of amides is 2. The highest BCUT2D eigenvalue weighted by molar-refractivity contribution is 5.95. The molecule has 0 radical (unpaired) electrons. The van der Waals surface area contributed by atoms with Gasteiger partial charge in [-0.15, -0.1) is 0 Å². The highest BCUT2D eigenvalue weighted by Gasteiger charge is 2.36. The number of benzene rings is 2. The third-order valence-corrected chi connectivity index (χ3v) is 6.03. The molecule has 1 unspecified atom stereocenters. The molecule has 0 bridgehead atoms. The number of hydrogen-bond acceptors (Lipinski definition) is 5. The van der Waals surface area contributed by atoms with Crippen molar-refractivity contribution >= 4 is 12.0 Å². The normalized spacial score (nSPS) is 18.1. The third-order valence-electron chi connectivity index (χ3n) is 6.03. The monoisotopic (exact) mass is 449 g/mol. The van der Waals surface area contributed by atoms with E-state index in [1.54, 1.807) is 14.0 Å². The van der Waals surface area contributed by atoms with Gasteiger partial charge in [-0.25, -0.2) is 9.59 Å². The SMILES string of the molecule is CCOC(=O)C1=C(CN(Cc2ccc(C)cc2)C2CC2)NC(=O)NC1c1ccc(OC)cc1. The number of carbonyl (C=O) groups is 2. The molecule has 1 atom stereocenters. The Bertz CT molecular complexity index is 1030. The minimum atomic E-state index is -0.598. The summed E-state index contributed by atoms with van der Waals surface area (Å²) < 4.78 is 10.7. The topological polar surface area (TPSA) is 79.9 Å². The maximum Gasteiger partial charge on any atom is 0.338 e. The van der Waals surface area contributed by atoms with Gasteiger partial charge in [0.15, 0.2) is 0 Å². The Kier molecular flexibility index (Phi) is 6.99. The molecule has 33 heavy (non-hydrogen) atoms. The first-order valence-electron chi connectivity index (χ1n) is 11.4. The van der Waals surface area contributed by atoms with Crippen LogP contribution in [-0.2, 0) is 16.1 Å². The van der Waals surface area contributed by atoms with Crippen molar-refractivity contribution in [1.29, 1.82) is 0 Å². The summed E-state index contributed by atoms with van der Waals surface area (Å²) in [6.45, 7) is 5.33. The van der Waals surface area contributed by atoms with Crippen LogP contribution in [0.2, 0.25) is 0 Å². The zero-order valence-corrected chi connectivity index (χ0v) is 19.4. The Morgan fingerprint density at radius 3 is 2.36 bits per heavy atom. The van der Waals surface area contributed by atoms with E-state index in [4.69, 9.17) is 9.47 Å². The largest absolute Gasteiger partial charge is 0.497 e. The summed E-state index contributed by atoms with van der Waals surface area (Å²) in [5.41, 5.74) is 4.26. The van der Waals surface area contributed by atoms with Gasteiger partial charge in [-0.1, -0.05) is 42.0 Å². The van der Waals surface area contributed by atoms with Gasteiger partial charge in [0.25, 0.3) is 0 Å². The van der Waals surface area contributed by atoms with Gasteiger partial charge in [-0.2, -0.15) is 0 Å². The Labute approximate surface area is 194 Å². The maximum atomic E-state index is 13.1. The summed E-state index contributed by atoms with van der Waals surface area (Å²) in [5, 5.41) is 5.79. The van der Waals surface area contributed by atoms with Crippen molar-refractivity contribution in [3.63, 3.8) is 0 Å². The molecule has 0 spiro atoms. The zero-order valence-electron chi connectivity index (χ0n) is 19.4. The summed E-state index contributed by atoms with van der Waals surface area (Å²) in [6, 6.07) is 15.3. The number of aryl methyl sites for hydroxylation is 1. The highest BCUT2D eigenvalue weighted by atomic mass is 16.5. The number of hydrogen-bond donors (Lipinski definition) is 2. The van der Waals surface area contributed by atoms with Crippen LogP contribution in [0, 0.1) is 6.92 Å². The summed E-state index contributed by atoms with van der Waals surface area (Å²) in [5.74, 6) is 0.283. The van der Waals surface area contributed by atoms with Crippen LogP contribution in [0.1, 0.15) is 42.5 Å². The number of ether oxygens (including phenoxy) is 2. The molecule has 2 N–H and O–H groups in total. The molecule has 174 valence electrons. The van der Waals surface area contributed by atoms with Gasteiger partial charge in [0.1, 0.15) is 5.75 Å². The van der Waals surface area contributed by atoms with Crippen molar-refractivity contribution in [3.05, 3.63) is 76.5 Å². The van der Waals surface area contributed by atoms with Gasteiger partial charge in [0.2, 0.25) is 0 Å². The molecule has 1 fully saturated rings. The smallest absolute Gasteiger partial charge is 0.338 e. The predicted octanol–water partition coefficient (Wildman–Crippen LogP) is 3.84. The van der Waals surface area contributed by atoms with E-state index in [0.717, 1.165) is 24.9 Å². The molecule has 1 aliphatic carbocycles. The second-order valence-corrected chi connectivity index (χ2v) is 8.54. The van der Waals surface area contributed by atoms with Gasteiger partial charge in [-0.3, -0.25) is 4.90 Å². The van der Waals surface area contributed by atoms with Gasteiger partial charge in [0, 0.05) is 24.8 Å². The molecule has 7 heteroatoms. The van der Waals surface area contributed by atoms with Gasteiger partial charge >= 0.3 is 12.0 Å². The lowest BCUT2D eigenvalue weighted by molar-refractivity contribution is -0.139. The van der Waals surface area contributed by atoms with Crippen molar-refractivity contribution < 1.29 is 19.1 Å². The van der Waals surface area contributed by atoms with Crippen molar-refractivity contribution in [3.8, 4) is 5.75 Å². The molecule has 1 aliphatic heterocycles. The molecule has 0 aromatic heterocycles. The Hall–Kier alpha value is -3.32. The molecule has 2 aromatic rings. The lowest BCUT2D eigenvalue weighted by Crippen LogP contribution is -2.48. The first-order chi connectivity index (χ1) is 16.0. The van der Waals surface area contributed by atoms with Crippen molar-refractivity contribution in [2.24, 2.45) is 0 Å². The lowest BCUT2D eigenvalue weighted by Gasteiger charge is -2.32. The number of esters is 1. The van der Waals surface area contributed by atoms with Crippen LogP contribution in [0.4, 0.5) is 4.79 Å². The molecular weight excluding hydrogens is 418 g/mol. The molecule has 4 rings (SSSR count). The average molecular weight is 450 g/mol. The molecule has 2 amide bonds. The molecule has 2 aliphatic rings. The van der Waals surface area contributed by atoms with Crippen LogP contribution < -0.4 is 15.4 Å². The Morgan fingerprint density at radius 2 is 1.76 bits per heavy atom. The van der Waals surface area contributed by atoms with Crippen LogP contribution in [0.25, 0.3) is 0 Å². The minimum absolute atomic E-state index is 0.259. The standard InChI is InChI=1S/C26H31N3O4/c1-4-33-25(30)23-22(16-29(20-11-12-20)15-18-7-5-17(2)6-8-18)27-26(31)28-24(23)19-9-13-21(32-3)14-10-19/h5-10,13-14,20,24H,4,11-12,15-16H2,1-3H3,(H2,27,28,31). The average Bonchev–Trinajstić information content (AvgIpc) is 3.65. The summed E-state index contributed by atoms with van der Waals surface area (Å²) >= 11 is 0. The first kappa shape index (κ1) is 22.9. The Balaban J connectivity index is 1.67. The predicted molar refractivity (Wildman–Crippen MR) is 126 cm³/mol. The molecule has 1 saturated carbocycles. The number of urea groups is 1. The molecular formula is C26H31N3O4. The highest BCUT2D eigenvalue weighted by Crippen LogP contribution is 2.33. The van der Waals surface area contributed by atoms with E-state index in [1.165, 1.54) is 11.1 Å². The molecule has 2 aromatic carbocycles. The van der Waals surface area contributed by atoms with E-state index >= 15 is 0 Å². The van der Waals surface area contributed by atoms with Gasteiger partial charge < -0.3 is 20.1 Å². The van der Waals surface area contributed by atoms with Crippen LogP contribution >= 0.6 is 0 Å². The number of nitrogens with zero attached hydrogens (tertiary/aromatic N) is 1. The van der Waals surface area contributed by atoms with Crippen LogP contribution in [-0.4, -0.2) is 43.2 Å². The third kappa shape index (κ3) is 5.54. The fourth-order valence-electron chi connectivity index (χ4n) is 4.12. The maximum absolute atomic E-state index is 13.1. The molecule has 7 nitrogen and oxygen atoms in total. The first-order valence-corrected chi connectivity index (χ1v) is 11.4. The van der Waals surface area contributed by atoms with Crippen molar-refractivity contribution in [2.75, 3.05) is 20.3 Å². The van der Waals surface area contributed by atoms with Crippen LogP contribution in [0.15, 0.2) is 59.8 Å². The molecule has 0 saturated heterocycles. The summed E-state index contributed by atoms with van der Waals surface area (Å²) in [6.07, 6.45) is 2.23. The van der Waals surface area contributed by atoms with E-state index in [2.05, 4.69) is 46.7 Å². The lowest BCUT2D eigenvalue weighted by atomic mass is 9.94. The van der Waals surface area contributed by atoms with E-state index in [0.29, 0.717) is 29.6 Å². The van der Waals surface area contributed by atoms with E-state index in [-0.39, 0.29) is 12.6 Å². The van der Waals surface area contributed by atoms with Crippen molar-refractivity contribution in [1.82, 2.24) is 15.5 Å². The fourth-order valence-corrected chi connectivity index (χ4v) is 4.12. The number of carbonyl (C=O) groups excluding carboxylic acids is 2. The minimum Gasteiger partial charge on any atom is -0.497 e. The quantitative estimate of drug-likeness (QED) is 0.569. The second kappa shape index (κ2) is 10.1. The van der Waals surface area contributed by atoms with Gasteiger partial charge in [0.05, 0.1) is 25.3 Å². The number of nitrogens with one attached hydrogen (secondary N) is 2. The fraction of sp³-hybridized carbons (Fsp3) is 0.385. The van der Waals surface area contributed by atoms with Gasteiger partial charge in [-0.05, 0) is 49.9 Å². The van der Waals surface area contributed by atoms with E-state index in [9.17, 15) is 9.59 Å². The van der Waals surface area contributed by atoms with E-state index < -0.39 is 12.0 Å². The second-order valence-electron chi connectivity index (χ2n) is 8.54. The van der Waals surface area contributed by atoms with Crippen molar-refractivity contribution in [2.45, 2.75) is 45.3 Å². The number of rotatable bonds is 9. The summed E-state index contributed by atoms with van der Waals surface area (Å²) in [7, 11) is 1.60. The van der Waals surface area contributed by atoms with Crippen LogP contribution in [0.3, 0.4) is 0 Å². The van der Waals surface area contributed by atoms with Crippen LogP contribution in [0.5, 0.6) is 5.75 Å². The van der Waals surface area contributed by atoms with E-state index in [1.807, 2.05) is 24.3 Å². The Morgan fingerprint density at radius 1 is 1.06 bits per heavy atom. The summed E-state index contributed by atoms with van der Waals surface area (Å²) in [4.78, 5) is 28.0.